The van der Waals surface area contributed by atoms with Gasteiger partial charge in [-0.3, -0.25) is 4.57 Å². The summed E-state index contributed by atoms with van der Waals surface area (Å²) in [5.74, 6) is -2.07. The van der Waals surface area contributed by atoms with Crippen molar-refractivity contribution in [1.29, 1.82) is 0 Å². The van der Waals surface area contributed by atoms with Gasteiger partial charge in [0.05, 0.1) is 12.7 Å². The summed E-state index contributed by atoms with van der Waals surface area (Å²) in [4.78, 5) is 22.3. The summed E-state index contributed by atoms with van der Waals surface area (Å²) in [5.41, 5.74) is 0.0485. The summed E-state index contributed by atoms with van der Waals surface area (Å²) in [7, 11) is 2.57. The zero-order chi connectivity index (χ0) is 11.9. The number of hydrogen-bond donors (Lipinski definition) is 0. The standard InChI is InChI=1S/C10H8FNO4/c1-12-8-6(11)3-5(9(13)15-2)4-7(8)16-10(12)14/h3-4H,1-2H3. The predicted octanol–water partition coefficient (Wildman–Crippen LogP) is 1.06. The van der Waals surface area contributed by atoms with E-state index in [0.29, 0.717) is 0 Å². The van der Waals surface area contributed by atoms with Crippen molar-refractivity contribution < 1.29 is 18.3 Å². The fourth-order valence-electron chi connectivity index (χ4n) is 1.47. The molecule has 6 heteroatoms. The Kier molecular flexibility index (Phi) is 2.26. The third kappa shape index (κ3) is 1.39. The second kappa shape index (κ2) is 3.48. The number of hydrogen-bond acceptors (Lipinski definition) is 4. The smallest absolute Gasteiger partial charge is 0.419 e. The van der Waals surface area contributed by atoms with E-state index >= 15 is 0 Å². The van der Waals surface area contributed by atoms with Crippen LogP contribution in [0.4, 0.5) is 4.39 Å². The van der Waals surface area contributed by atoms with Crippen molar-refractivity contribution >= 4 is 17.1 Å². The van der Waals surface area contributed by atoms with Gasteiger partial charge in [0.1, 0.15) is 5.52 Å². The van der Waals surface area contributed by atoms with Crippen molar-refractivity contribution in [1.82, 2.24) is 4.57 Å². The molecule has 1 heterocycles. The predicted molar refractivity (Wildman–Crippen MR) is 52.8 cm³/mol. The van der Waals surface area contributed by atoms with Gasteiger partial charge in [0, 0.05) is 7.05 Å². The minimum absolute atomic E-state index is 0.00171. The molecule has 2 aromatic rings. The normalized spacial score (nSPS) is 10.7. The van der Waals surface area contributed by atoms with Gasteiger partial charge in [-0.05, 0) is 12.1 Å². The summed E-state index contributed by atoms with van der Waals surface area (Å²) in [6.07, 6.45) is 0. The van der Waals surface area contributed by atoms with Crippen LogP contribution in [0.5, 0.6) is 0 Å². The molecule has 84 valence electrons. The molecule has 0 fully saturated rings. The van der Waals surface area contributed by atoms with E-state index in [-0.39, 0.29) is 16.7 Å². The molecule has 2 rings (SSSR count). The lowest BCUT2D eigenvalue weighted by atomic mass is 10.2. The molecule has 0 spiro atoms. The fraction of sp³-hybridized carbons (Fsp3) is 0.200. The topological polar surface area (TPSA) is 61.4 Å². The molecule has 0 N–H and O–H groups in total. The quantitative estimate of drug-likeness (QED) is 0.681. The summed E-state index contributed by atoms with van der Waals surface area (Å²) in [6, 6.07) is 2.27. The molecule has 0 aliphatic heterocycles. The lowest BCUT2D eigenvalue weighted by Gasteiger charge is -2.00. The number of benzene rings is 1. The number of methoxy groups -OCH3 is 1. The van der Waals surface area contributed by atoms with Crippen LogP contribution in [0.2, 0.25) is 0 Å². The molecular formula is C10H8FNO4. The van der Waals surface area contributed by atoms with Crippen LogP contribution in [0.15, 0.2) is 21.3 Å². The second-order valence-electron chi connectivity index (χ2n) is 3.22. The third-order valence-corrected chi connectivity index (χ3v) is 2.26. The van der Waals surface area contributed by atoms with Crippen LogP contribution in [0.1, 0.15) is 10.4 Å². The van der Waals surface area contributed by atoms with E-state index in [1.54, 1.807) is 0 Å². The third-order valence-electron chi connectivity index (χ3n) is 2.26. The van der Waals surface area contributed by atoms with Gasteiger partial charge in [0.25, 0.3) is 0 Å². The molecule has 0 saturated heterocycles. The van der Waals surface area contributed by atoms with E-state index in [9.17, 15) is 14.0 Å². The first kappa shape index (κ1) is 10.4. The van der Waals surface area contributed by atoms with Gasteiger partial charge in [0.15, 0.2) is 11.4 Å². The summed E-state index contributed by atoms with van der Waals surface area (Å²) in [6.45, 7) is 0. The van der Waals surface area contributed by atoms with E-state index in [4.69, 9.17) is 4.42 Å². The Morgan fingerprint density at radius 3 is 2.81 bits per heavy atom. The van der Waals surface area contributed by atoms with Gasteiger partial charge in [0.2, 0.25) is 0 Å². The first-order valence-corrected chi connectivity index (χ1v) is 4.42. The molecule has 0 amide bonds. The van der Waals surface area contributed by atoms with E-state index in [1.165, 1.54) is 20.2 Å². The van der Waals surface area contributed by atoms with Gasteiger partial charge in [-0.15, -0.1) is 0 Å². The number of aryl methyl sites for hydroxylation is 1. The molecule has 5 nitrogen and oxygen atoms in total. The Hall–Kier alpha value is -2.11. The van der Waals surface area contributed by atoms with Crippen LogP contribution < -0.4 is 5.76 Å². The number of ether oxygens (including phenoxy) is 1. The highest BCUT2D eigenvalue weighted by molar-refractivity contribution is 5.93. The van der Waals surface area contributed by atoms with Gasteiger partial charge < -0.3 is 9.15 Å². The highest BCUT2D eigenvalue weighted by atomic mass is 19.1. The molecule has 1 aromatic carbocycles. The maximum atomic E-state index is 13.6. The molecule has 1 aromatic heterocycles. The maximum absolute atomic E-state index is 13.6. The molecule has 0 aliphatic carbocycles. The maximum Gasteiger partial charge on any atom is 0.419 e. The van der Waals surface area contributed by atoms with E-state index < -0.39 is 17.5 Å². The van der Waals surface area contributed by atoms with E-state index in [2.05, 4.69) is 4.74 Å². The van der Waals surface area contributed by atoms with Crippen molar-refractivity contribution in [3.8, 4) is 0 Å². The molecular weight excluding hydrogens is 217 g/mol. The number of rotatable bonds is 1. The lowest BCUT2D eigenvalue weighted by Crippen LogP contribution is -2.09. The van der Waals surface area contributed by atoms with Gasteiger partial charge in [-0.2, -0.15) is 0 Å². The van der Waals surface area contributed by atoms with Gasteiger partial charge in [-0.25, -0.2) is 14.0 Å². The molecule has 16 heavy (non-hydrogen) atoms. The number of carbonyl (C=O) groups is 1. The minimum atomic E-state index is -0.703. The van der Waals surface area contributed by atoms with Crippen LogP contribution in [0, 0.1) is 5.82 Å². The number of halogens is 1. The van der Waals surface area contributed by atoms with Crippen molar-refractivity contribution in [3.05, 3.63) is 34.1 Å². The zero-order valence-electron chi connectivity index (χ0n) is 8.61. The lowest BCUT2D eigenvalue weighted by molar-refractivity contribution is 0.0600. The minimum Gasteiger partial charge on any atom is -0.465 e. The number of oxazole rings is 1. The van der Waals surface area contributed by atoms with Crippen LogP contribution in [0.3, 0.4) is 0 Å². The van der Waals surface area contributed by atoms with Crippen LogP contribution in [0.25, 0.3) is 11.1 Å². The monoisotopic (exact) mass is 225 g/mol. The summed E-state index contributed by atoms with van der Waals surface area (Å²) < 4.78 is 23.8. The Labute approximate surface area is 89.0 Å². The van der Waals surface area contributed by atoms with E-state index in [1.807, 2.05) is 0 Å². The second-order valence-corrected chi connectivity index (χ2v) is 3.22. The van der Waals surface area contributed by atoms with Crippen molar-refractivity contribution in [2.45, 2.75) is 0 Å². The van der Waals surface area contributed by atoms with Crippen LogP contribution in [-0.2, 0) is 11.8 Å². The highest BCUT2D eigenvalue weighted by Gasteiger charge is 2.16. The Bertz CT molecular complexity index is 626. The first-order chi connectivity index (χ1) is 7.54. The van der Waals surface area contributed by atoms with Crippen molar-refractivity contribution in [3.63, 3.8) is 0 Å². The Morgan fingerprint density at radius 2 is 2.19 bits per heavy atom. The molecule has 0 unspecified atom stereocenters. The van der Waals surface area contributed by atoms with Gasteiger partial charge >= 0.3 is 11.7 Å². The van der Waals surface area contributed by atoms with Gasteiger partial charge in [-0.1, -0.05) is 0 Å². The number of fused-ring (bicyclic) bond motifs is 1. The SMILES string of the molecule is COC(=O)c1cc(F)c2c(c1)oc(=O)n2C. The first-order valence-electron chi connectivity index (χ1n) is 4.42. The number of carbonyl (C=O) groups excluding carboxylic acids is 1. The molecule has 0 aliphatic rings. The van der Waals surface area contributed by atoms with Crippen LogP contribution >= 0.6 is 0 Å². The van der Waals surface area contributed by atoms with Crippen molar-refractivity contribution in [2.75, 3.05) is 7.11 Å². The Morgan fingerprint density at radius 1 is 1.50 bits per heavy atom. The van der Waals surface area contributed by atoms with Crippen molar-refractivity contribution in [2.24, 2.45) is 7.05 Å². The average molecular weight is 225 g/mol. The number of nitrogens with zero attached hydrogens (tertiary/aromatic N) is 1. The van der Waals surface area contributed by atoms with Crippen LogP contribution in [-0.4, -0.2) is 17.6 Å². The Balaban J connectivity index is 2.78. The summed E-state index contributed by atoms with van der Waals surface area (Å²) >= 11 is 0. The molecule has 0 radical (unpaired) electrons. The number of esters is 1. The fourth-order valence-corrected chi connectivity index (χ4v) is 1.47. The zero-order valence-corrected chi connectivity index (χ0v) is 8.61. The number of aromatic nitrogens is 1. The molecule has 0 bridgehead atoms. The summed E-state index contributed by atoms with van der Waals surface area (Å²) in [5, 5.41) is 0. The highest BCUT2D eigenvalue weighted by Crippen LogP contribution is 2.19. The van der Waals surface area contributed by atoms with E-state index in [0.717, 1.165) is 10.6 Å². The average Bonchev–Trinajstić information content (AvgIpc) is 2.54. The molecule has 0 saturated carbocycles. The molecule has 0 atom stereocenters. The largest absolute Gasteiger partial charge is 0.465 e.